The van der Waals surface area contributed by atoms with Gasteiger partial charge in [0, 0.05) is 30.8 Å². The lowest BCUT2D eigenvalue weighted by molar-refractivity contribution is -0.128. The van der Waals surface area contributed by atoms with Crippen molar-refractivity contribution >= 4 is 17.5 Å². The van der Waals surface area contributed by atoms with Gasteiger partial charge in [0.25, 0.3) is 0 Å². The van der Waals surface area contributed by atoms with Crippen molar-refractivity contribution in [1.29, 1.82) is 0 Å². The van der Waals surface area contributed by atoms with E-state index in [2.05, 4.69) is 20.5 Å². The molecule has 1 aliphatic rings. The lowest BCUT2D eigenvalue weighted by atomic mass is 10.1. The number of likely N-dealkylation sites (tertiary alicyclic amines) is 1. The average molecular weight is 405 g/mol. The summed E-state index contributed by atoms with van der Waals surface area (Å²) in [6, 6.07) is 15.1. The number of hydrogen-bond acceptors (Lipinski definition) is 5. The van der Waals surface area contributed by atoms with Crippen molar-refractivity contribution in [3.63, 3.8) is 0 Å². The number of nitrogens with one attached hydrogen (secondary N) is 2. The Morgan fingerprint density at radius 1 is 1.27 bits per heavy atom. The lowest BCUT2D eigenvalue weighted by Gasteiger charge is -2.17. The molecule has 2 heterocycles. The van der Waals surface area contributed by atoms with E-state index in [1.807, 2.05) is 48.5 Å². The zero-order chi connectivity index (χ0) is 20.9. The summed E-state index contributed by atoms with van der Waals surface area (Å²) in [5, 5.41) is 9.57. The summed E-state index contributed by atoms with van der Waals surface area (Å²) in [5.41, 5.74) is 2.53. The molecule has 30 heavy (non-hydrogen) atoms. The molecule has 0 aliphatic carbocycles. The third-order valence-electron chi connectivity index (χ3n) is 5.25. The molecule has 1 fully saturated rings. The van der Waals surface area contributed by atoms with Gasteiger partial charge in [-0.2, -0.15) is 5.10 Å². The van der Waals surface area contributed by atoms with Crippen LogP contribution < -0.4 is 10.1 Å². The van der Waals surface area contributed by atoms with Crippen molar-refractivity contribution in [2.24, 2.45) is 5.92 Å². The van der Waals surface area contributed by atoms with Gasteiger partial charge in [-0.05, 0) is 30.2 Å². The number of para-hydroxylation sites is 1. The number of amides is 2. The minimum Gasteiger partial charge on any atom is -0.496 e. The van der Waals surface area contributed by atoms with Crippen LogP contribution in [-0.2, 0) is 16.0 Å². The van der Waals surface area contributed by atoms with E-state index in [0.717, 1.165) is 16.9 Å². The molecule has 1 saturated heterocycles. The number of hydrogen-bond donors (Lipinski definition) is 2. The second-order valence-corrected chi connectivity index (χ2v) is 7.21. The first-order chi connectivity index (χ1) is 14.6. The highest BCUT2D eigenvalue weighted by atomic mass is 16.5. The first kappa shape index (κ1) is 19.6. The Hall–Kier alpha value is -3.68. The summed E-state index contributed by atoms with van der Waals surface area (Å²) in [6.07, 6.45) is 2.34. The number of rotatable bonds is 7. The fourth-order valence-corrected chi connectivity index (χ4v) is 3.66. The van der Waals surface area contributed by atoms with Crippen LogP contribution in [0.25, 0.3) is 11.4 Å². The lowest BCUT2D eigenvalue weighted by Crippen LogP contribution is -2.30. The van der Waals surface area contributed by atoms with Gasteiger partial charge in [-0.25, -0.2) is 4.98 Å². The zero-order valence-corrected chi connectivity index (χ0v) is 16.7. The molecule has 3 aromatic rings. The molecule has 2 N–H and O–H groups in total. The molecule has 2 amide bonds. The first-order valence-electron chi connectivity index (χ1n) is 9.80. The summed E-state index contributed by atoms with van der Waals surface area (Å²) in [6.45, 7) is 0.978. The van der Waals surface area contributed by atoms with Gasteiger partial charge in [0.1, 0.15) is 12.1 Å². The SMILES string of the molecule is COc1ccccc1CCN1C[C@@H](C(=O)Nc2cccc(-c3ncn[nH]3)c2)CC1=O. The molecule has 1 aliphatic heterocycles. The summed E-state index contributed by atoms with van der Waals surface area (Å²) in [4.78, 5) is 31.0. The number of carbonyl (C=O) groups excluding carboxylic acids is 2. The molecule has 8 nitrogen and oxygen atoms in total. The maximum atomic E-state index is 12.7. The van der Waals surface area contributed by atoms with Crippen LogP contribution in [0.2, 0.25) is 0 Å². The minimum atomic E-state index is -0.371. The van der Waals surface area contributed by atoms with E-state index in [0.29, 0.717) is 31.0 Å². The Labute approximate surface area is 174 Å². The molecule has 4 rings (SSSR count). The largest absolute Gasteiger partial charge is 0.496 e. The van der Waals surface area contributed by atoms with Crippen LogP contribution >= 0.6 is 0 Å². The van der Waals surface area contributed by atoms with Crippen molar-refractivity contribution in [2.45, 2.75) is 12.8 Å². The highest BCUT2D eigenvalue weighted by Gasteiger charge is 2.34. The van der Waals surface area contributed by atoms with E-state index in [4.69, 9.17) is 4.74 Å². The summed E-state index contributed by atoms with van der Waals surface area (Å²) in [5.74, 6) is 0.914. The second-order valence-electron chi connectivity index (χ2n) is 7.21. The molecule has 0 bridgehead atoms. The van der Waals surface area contributed by atoms with Crippen molar-refractivity contribution in [3.8, 4) is 17.1 Å². The highest BCUT2D eigenvalue weighted by Crippen LogP contribution is 2.24. The van der Waals surface area contributed by atoms with Gasteiger partial charge in [0.15, 0.2) is 5.82 Å². The van der Waals surface area contributed by atoms with E-state index >= 15 is 0 Å². The smallest absolute Gasteiger partial charge is 0.229 e. The first-order valence-corrected chi connectivity index (χ1v) is 9.80. The van der Waals surface area contributed by atoms with Crippen molar-refractivity contribution in [1.82, 2.24) is 20.1 Å². The molecule has 154 valence electrons. The minimum absolute atomic E-state index is 0.000425. The fraction of sp³-hybridized carbons (Fsp3) is 0.273. The maximum Gasteiger partial charge on any atom is 0.229 e. The van der Waals surface area contributed by atoms with Gasteiger partial charge in [-0.15, -0.1) is 0 Å². The molecule has 0 unspecified atom stereocenters. The number of aromatic nitrogens is 3. The van der Waals surface area contributed by atoms with Gasteiger partial charge in [0.2, 0.25) is 11.8 Å². The average Bonchev–Trinajstić information content (AvgIpc) is 3.43. The predicted octanol–water partition coefficient (Wildman–Crippen LogP) is 2.51. The van der Waals surface area contributed by atoms with E-state index in [9.17, 15) is 9.59 Å². The van der Waals surface area contributed by atoms with Crippen LogP contribution in [-0.4, -0.2) is 52.1 Å². The van der Waals surface area contributed by atoms with E-state index in [1.165, 1.54) is 6.33 Å². The molecule has 1 aromatic heterocycles. The summed E-state index contributed by atoms with van der Waals surface area (Å²) < 4.78 is 5.37. The number of H-pyrrole nitrogens is 1. The maximum absolute atomic E-state index is 12.7. The molecule has 0 saturated carbocycles. The Morgan fingerprint density at radius 3 is 2.93 bits per heavy atom. The Kier molecular flexibility index (Phi) is 5.74. The monoisotopic (exact) mass is 405 g/mol. The Balaban J connectivity index is 1.36. The summed E-state index contributed by atoms with van der Waals surface area (Å²) in [7, 11) is 1.64. The molecular weight excluding hydrogens is 382 g/mol. The third kappa shape index (κ3) is 4.32. The Bertz CT molecular complexity index is 1030. The topological polar surface area (TPSA) is 100 Å². The second kappa shape index (κ2) is 8.77. The molecule has 0 radical (unpaired) electrons. The van der Waals surface area contributed by atoms with Gasteiger partial charge in [0.05, 0.1) is 13.0 Å². The van der Waals surface area contributed by atoms with Crippen LogP contribution in [0.5, 0.6) is 5.75 Å². The zero-order valence-electron chi connectivity index (χ0n) is 16.7. The van der Waals surface area contributed by atoms with Crippen molar-refractivity contribution in [2.75, 3.05) is 25.5 Å². The highest BCUT2D eigenvalue weighted by molar-refractivity contribution is 5.97. The van der Waals surface area contributed by atoms with Crippen LogP contribution in [0, 0.1) is 5.92 Å². The quantitative estimate of drug-likeness (QED) is 0.629. The Morgan fingerprint density at radius 2 is 2.13 bits per heavy atom. The normalized spacial score (nSPS) is 16.0. The molecular formula is C22H23N5O3. The fourth-order valence-electron chi connectivity index (χ4n) is 3.66. The number of methoxy groups -OCH3 is 1. The van der Waals surface area contributed by atoms with Gasteiger partial charge in [-0.1, -0.05) is 30.3 Å². The van der Waals surface area contributed by atoms with Crippen LogP contribution in [0.4, 0.5) is 5.69 Å². The molecule has 8 heteroatoms. The van der Waals surface area contributed by atoms with Crippen LogP contribution in [0.3, 0.4) is 0 Å². The molecule has 0 spiro atoms. The molecule has 1 atom stereocenters. The molecule has 2 aromatic carbocycles. The van der Waals surface area contributed by atoms with Crippen LogP contribution in [0.1, 0.15) is 12.0 Å². The third-order valence-corrected chi connectivity index (χ3v) is 5.25. The number of benzene rings is 2. The van der Waals surface area contributed by atoms with Crippen LogP contribution in [0.15, 0.2) is 54.9 Å². The van der Waals surface area contributed by atoms with E-state index < -0.39 is 0 Å². The number of nitrogens with zero attached hydrogens (tertiary/aromatic N) is 3. The van der Waals surface area contributed by atoms with Crippen molar-refractivity contribution in [3.05, 3.63) is 60.4 Å². The summed E-state index contributed by atoms with van der Waals surface area (Å²) >= 11 is 0. The number of anilines is 1. The van der Waals surface area contributed by atoms with Gasteiger partial charge in [-0.3, -0.25) is 14.7 Å². The number of ether oxygens (including phenoxy) is 1. The number of aromatic amines is 1. The van der Waals surface area contributed by atoms with Gasteiger partial charge >= 0.3 is 0 Å². The standard InChI is InChI=1S/C22H23N5O3/c1-30-19-8-3-2-5-15(19)9-10-27-13-17(12-20(27)28)22(29)25-18-7-4-6-16(11-18)21-23-14-24-26-21/h2-8,11,14,17H,9-10,12-13H2,1H3,(H,25,29)(H,23,24,26)/t17-/m0/s1. The van der Waals surface area contributed by atoms with Gasteiger partial charge < -0.3 is 15.0 Å². The van der Waals surface area contributed by atoms with E-state index in [1.54, 1.807) is 12.0 Å². The van der Waals surface area contributed by atoms with E-state index in [-0.39, 0.29) is 24.2 Å². The van der Waals surface area contributed by atoms with Crippen molar-refractivity contribution < 1.29 is 14.3 Å². The number of carbonyl (C=O) groups is 2. The predicted molar refractivity (Wildman–Crippen MR) is 112 cm³/mol.